The molecule has 67 heavy (non-hydrogen) atoms. The third kappa shape index (κ3) is 10.3. The number of carbonyl (C=O) groups is 5. The van der Waals surface area contributed by atoms with E-state index in [-0.39, 0.29) is 56.7 Å². The zero-order valence-electron chi connectivity index (χ0n) is 37.6. The van der Waals surface area contributed by atoms with Crippen LogP contribution in [0.4, 0.5) is 28.4 Å². The Morgan fingerprint density at radius 2 is 1.37 bits per heavy atom. The Hall–Kier alpha value is -7.92. The fourth-order valence-corrected chi connectivity index (χ4v) is 8.51. The molecule has 3 aliphatic heterocycles. The molecule has 5 aromatic rings. The Labute approximate surface area is 387 Å². The van der Waals surface area contributed by atoms with E-state index in [0.717, 1.165) is 24.0 Å². The highest BCUT2D eigenvalue weighted by atomic mass is 16.5. The van der Waals surface area contributed by atoms with Gasteiger partial charge >= 0.3 is 0 Å². The Morgan fingerprint density at radius 1 is 0.746 bits per heavy atom. The molecule has 0 spiro atoms. The summed E-state index contributed by atoms with van der Waals surface area (Å²) in [5.74, 6) is -0.199. The van der Waals surface area contributed by atoms with Crippen molar-refractivity contribution in [2.24, 2.45) is 4.99 Å². The van der Waals surface area contributed by atoms with Crippen molar-refractivity contribution in [3.05, 3.63) is 124 Å². The zero-order valence-corrected chi connectivity index (χ0v) is 37.6. The van der Waals surface area contributed by atoms with E-state index in [4.69, 9.17) is 23.9 Å². The molecule has 0 aromatic heterocycles. The van der Waals surface area contributed by atoms with Crippen molar-refractivity contribution in [1.29, 1.82) is 0 Å². The minimum absolute atomic E-state index is 0.000400. The molecule has 0 saturated heterocycles. The second kappa shape index (κ2) is 20.5. The van der Waals surface area contributed by atoms with Crippen molar-refractivity contribution >= 4 is 64.6 Å². The molecule has 0 fully saturated rings. The minimum Gasteiger partial charge on any atom is -0.493 e. The van der Waals surface area contributed by atoms with Gasteiger partial charge in [0.15, 0.2) is 29.3 Å². The van der Waals surface area contributed by atoms with E-state index in [1.807, 2.05) is 42.5 Å². The molecular formula is C50H52N8O9. The van der Waals surface area contributed by atoms with Crippen LogP contribution >= 0.6 is 0 Å². The van der Waals surface area contributed by atoms with E-state index >= 15 is 0 Å². The fraction of sp³-hybridized carbons (Fsp3) is 0.280. The number of rotatable bonds is 19. The number of aliphatic imine (C=N–C) groups is 1. The van der Waals surface area contributed by atoms with E-state index in [9.17, 15) is 24.0 Å². The van der Waals surface area contributed by atoms with E-state index in [2.05, 4.69) is 50.7 Å². The van der Waals surface area contributed by atoms with Gasteiger partial charge in [0.2, 0.25) is 17.7 Å². The molecule has 8 rings (SSSR count). The van der Waals surface area contributed by atoms with Gasteiger partial charge in [0.05, 0.1) is 57.2 Å². The van der Waals surface area contributed by atoms with Gasteiger partial charge in [-0.1, -0.05) is 36.4 Å². The molecule has 0 aliphatic carbocycles. The van der Waals surface area contributed by atoms with Crippen LogP contribution in [-0.4, -0.2) is 103 Å². The second-order valence-corrected chi connectivity index (χ2v) is 16.3. The average molecular weight is 909 g/mol. The maximum Gasteiger partial charge on any atom is 0.261 e. The number of ether oxygens (including phenoxy) is 4. The first-order valence-corrected chi connectivity index (χ1v) is 21.8. The number of anilines is 4. The first-order valence-electron chi connectivity index (χ1n) is 21.8. The highest BCUT2D eigenvalue weighted by molar-refractivity contribution is 6.14. The highest BCUT2D eigenvalue weighted by Crippen LogP contribution is 2.41. The Kier molecular flexibility index (Phi) is 14.0. The number of amides is 4. The summed E-state index contributed by atoms with van der Waals surface area (Å²) in [6.45, 7) is -0.0257. The fourth-order valence-electron chi connectivity index (χ4n) is 8.51. The van der Waals surface area contributed by atoms with E-state index < -0.39 is 11.8 Å². The first-order chi connectivity index (χ1) is 32.5. The summed E-state index contributed by atoms with van der Waals surface area (Å²) >= 11 is 0. The van der Waals surface area contributed by atoms with Gasteiger partial charge in [-0.25, -0.2) is 0 Å². The lowest BCUT2D eigenvalue weighted by Gasteiger charge is -2.24. The minimum atomic E-state index is -0.537. The number of carbonyl (C=O) groups excluding carboxylic acids is 5. The SMILES string of the molecule is CNCC(=O)NCC(=O)NCC(=O)Nc1cc(COc2cc3c(cc2OC)C(=O)N2c4ccccc4C[C@H]2C=N3)cc(COc2cc(NCC3Cc4ccccc4N3C)c(C=O)cc2OC)c1. The van der Waals surface area contributed by atoms with Gasteiger partial charge in [0.25, 0.3) is 5.91 Å². The molecule has 4 amide bonds. The van der Waals surface area contributed by atoms with Crippen molar-refractivity contribution in [3.63, 3.8) is 0 Å². The van der Waals surface area contributed by atoms with Gasteiger partial charge in [-0.05, 0) is 78.2 Å². The molecule has 0 bridgehead atoms. The summed E-state index contributed by atoms with van der Waals surface area (Å²) in [6, 6.07) is 28.0. The molecule has 5 aromatic carbocycles. The van der Waals surface area contributed by atoms with Crippen molar-refractivity contribution in [2.45, 2.75) is 38.1 Å². The summed E-state index contributed by atoms with van der Waals surface area (Å²) in [5, 5.41) is 14.0. The summed E-state index contributed by atoms with van der Waals surface area (Å²) in [7, 11) is 6.67. The average Bonchev–Trinajstić information content (AvgIpc) is 3.84. The van der Waals surface area contributed by atoms with Gasteiger partial charge in [-0.3, -0.25) is 33.9 Å². The van der Waals surface area contributed by atoms with Crippen LogP contribution in [0, 0.1) is 0 Å². The van der Waals surface area contributed by atoms with Crippen molar-refractivity contribution < 1.29 is 42.9 Å². The molecular weight excluding hydrogens is 857 g/mol. The second-order valence-electron chi connectivity index (χ2n) is 16.3. The van der Waals surface area contributed by atoms with Crippen LogP contribution in [0.3, 0.4) is 0 Å². The zero-order chi connectivity index (χ0) is 47.0. The van der Waals surface area contributed by atoms with E-state index in [0.29, 0.717) is 75.3 Å². The van der Waals surface area contributed by atoms with Gasteiger partial charge in [0, 0.05) is 66.7 Å². The molecule has 0 saturated carbocycles. The molecule has 1 unspecified atom stereocenters. The highest BCUT2D eigenvalue weighted by Gasteiger charge is 2.36. The number of likely N-dealkylation sites (N-methyl/N-ethyl adjacent to an activating group) is 2. The third-order valence-electron chi connectivity index (χ3n) is 11.8. The predicted molar refractivity (Wildman–Crippen MR) is 255 cm³/mol. The number of hydrogen-bond acceptors (Lipinski definition) is 13. The molecule has 346 valence electrons. The van der Waals surface area contributed by atoms with Crippen LogP contribution in [0.2, 0.25) is 0 Å². The molecule has 17 nitrogen and oxygen atoms in total. The van der Waals surface area contributed by atoms with Crippen molar-refractivity contribution in [3.8, 4) is 23.0 Å². The van der Waals surface area contributed by atoms with Gasteiger partial charge in [-0.15, -0.1) is 0 Å². The first kappa shape index (κ1) is 45.6. The number of fused-ring (bicyclic) bond motifs is 5. The molecule has 2 atom stereocenters. The molecule has 5 N–H and O–H groups in total. The van der Waals surface area contributed by atoms with Crippen molar-refractivity contribution in [2.75, 3.05) is 74.9 Å². The van der Waals surface area contributed by atoms with Gasteiger partial charge < -0.3 is 50.4 Å². The lowest BCUT2D eigenvalue weighted by atomic mass is 10.1. The number of aldehydes is 1. The third-order valence-corrected chi connectivity index (χ3v) is 11.8. The Morgan fingerprint density at radius 3 is 2.04 bits per heavy atom. The van der Waals surface area contributed by atoms with Crippen LogP contribution in [0.1, 0.15) is 43.0 Å². The monoisotopic (exact) mass is 908 g/mol. The number of hydrogen-bond donors (Lipinski definition) is 5. The quantitative estimate of drug-likeness (QED) is 0.0709. The summed E-state index contributed by atoms with van der Waals surface area (Å²) in [5.41, 5.74) is 7.84. The summed E-state index contributed by atoms with van der Waals surface area (Å²) in [4.78, 5) is 72.3. The number of methoxy groups -OCH3 is 2. The smallest absolute Gasteiger partial charge is 0.261 e. The van der Waals surface area contributed by atoms with Crippen LogP contribution < -0.4 is 55.3 Å². The summed E-state index contributed by atoms with van der Waals surface area (Å²) < 4.78 is 24.1. The topological polar surface area (TPSA) is 201 Å². The number of benzene rings is 5. The standard InChI is InChI=1S/C50H52N8O9/c1-51-24-47(60)54-25-48(61)55-26-49(62)56-35-14-30(28-66-45-20-39(34(27-59)18-43(45)64-3)52-22-36-16-32-9-5-7-11-41(32)57(36)2)13-31(15-35)29-67-46-21-40-38(19-44(46)65-4)50(63)58-37(23-53-40)17-33-10-6-8-12-42(33)58/h5-15,18-21,23,27,36-37,51-52H,16-17,22,24-26,28-29H2,1-4H3,(H,54,60)(H,55,61)(H,56,62)/t36?,37-/m0/s1. The Balaban J connectivity index is 1.01. The number of para-hydroxylation sites is 2. The van der Waals surface area contributed by atoms with Crippen LogP contribution in [0.25, 0.3) is 0 Å². The van der Waals surface area contributed by atoms with Crippen LogP contribution in [-0.2, 0) is 40.4 Å². The van der Waals surface area contributed by atoms with Gasteiger partial charge in [-0.2, -0.15) is 0 Å². The molecule has 3 aliphatic rings. The molecule has 0 radical (unpaired) electrons. The molecule has 17 heteroatoms. The molecule has 3 heterocycles. The Bertz CT molecular complexity index is 2740. The predicted octanol–water partition coefficient (Wildman–Crippen LogP) is 4.83. The number of nitrogens with one attached hydrogen (secondary N) is 5. The van der Waals surface area contributed by atoms with Gasteiger partial charge in [0.1, 0.15) is 13.2 Å². The lowest BCUT2D eigenvalue weighted by molar-refractivity contribution is -0.126. The maximum atomic E-state index is 14.0. The van der Waals surface area contributed by atoms with E-state index in [1.165, 1.54) is 25.5 Å². The van der Waals surface area contributed by atoms with Crippen LogP contribution in [0.5, 0.6) is 23.0 Å². The number of nitrogens with zero attached hydrogens (tertiary/aromatic N) is 3. The lowest BCUT2D eigenvalue weighted by Crippen LogP contribution is -2.42. The largest absolute Gasteiger partial charge is 0.493 e. The summed E-state index contributed by atoms with van der Waals surface area (Å²) in [6.07, 6.45) is 4.07. The van der Waals surface area contributed by atoms with E-state index in [1.54, 1.807) is 54.6 Å². The maximum absolute atomic E-state index is 14.0. The van der Waals surface area contributed by atoms with Crippen LogP contribution in [0.15, 0.2) is 96.0 Å². The normalized spacial score (nSPS) is 15.3. The van der Waals surface area contributed by atoms with Crippen molar-refractivity contribution in [1.82, 2.24) is 16.0 Å².